The highest BCUT2D eigenvalue weighted by Crippen LogP contribution is 2.36. The number of amides is 3. The Labute approximate surface area is 183 Å². The lowest BCUT2D eigenvalue weighted by Gasteiger charge is -2.34. The van der Waals surface area contributed by atoms with E-state index in [1.165, 1.54) is 7.11 Å². The maximum atomic E-state index is 12.8. The molecular weight excluding hydrogens is 402 g/mol. The van der Waals surface area contributed by atoms with Gasteiger partial charge in [-0.15, -0.1) is 0 Å². The number of ether oxygens (including phenoxy) is 3. The van der Waals surface area contributed by atoms with Crippen LogP contribution >= 0.6 is 0 Å². The van der Waals surface area contributed by atoms with E-state index in [9.17, 15) is 14.4 Å². The smallest absolute Gasteiger partial charge is 0.408 e. The van der Waals surface area contributed by atoms with Gasteiger partial charge in [0.1, 0.15) is 24.0 Å². The maximum Gasteiger partial charge on any atom is 0.408 e. The number of alkyl carbamates (subject to hydrolysis) is 1. The molecule has 172 valence electrons. The van der Waals surface area contributed by atoms with Gasteiger partial charge in [0.15, 0.2) is 0 Å². The number of anilines is 2. The van der Waals surface area contributed by atoms with Gasteiger partial charge in [-0.1, -0.05) is 20.8 Å². The van der Waals surface area contributed by atoms with E-state index < -0.39 is 29.1 Å². The fourth-order valence-corrected chi connectivity index (χ4v) is 2.94. The fourth-order valence-electron chi connectivity index (χ4n) is 2.94. The molecule has 0 spiro atoms. The summed E-state index contributed by atoms with van der Waals surface area (Å²) in [6.07, 6.45) is -0.717. The lowest BCUT2D eigenvalue weighted by atomic mass is 9.94. The van der Waals surface area contributed by atoms with Crippen LogP contribution in [0.15, 0.2) is 18.2 Å². The molecule has 3 amide bonds. The first-order valence-corrected chi connectivity index (χ1v) is 10.2. The van der Waals surface area contributed by atoms with Crippen molar-refractivity contribution in [2.75, 3.05) is 37.1 Å². The number of fused-ring (bicyclic) bond motifs is 1. The van der Waals surface area contributed by atoms with E-state index in [0.29, 0.717) is 30.3 Å². The van der Waals surface area contributed by atoms with E-state index in [4.69, 9.17) is 14.2 Å². The monoisotopic (exact) mass is 435 g/mol. The van der Waals surface area contributed by atoms with E-state index in [1.807, 2.05) is 20.8 Å². The van der Waals surface area contributed by atoms with Gasteiger partial charge in [0, 0.05) is 18.2 Å². The van der Waals surface area contributed by atoms with Gasteiger partial charge in [0.05, 0.1) is 18.8 Å². The zero-order chi connectivity index (χ0) is 23.4. The van der Waals surface area contributed by atoms with Gasteiger partial charge in [-0.2, -0.15) is 0 Å². The number of carbonyl (C=O) groups is 3. The first kappa shape index (κ1) is 24.5. The van der Waals surface area contributed by atoms with Crippen molar-refractivity contribution in [2.45, 2.75) is 53.2 Å². The third-order valence-electron chi connectivity index (χ3n) is 4.32. The molecule has 0 bridgehead atoms. The summed E-state index contributed by atoms with van der Waals surface area (Å²) in [4.78, 5) is 39.4. The topological polar surface area (TPSA) is 106 Å². The molecule has 1 aliphatic heterocycles. The molecule has 1 unspecified atom stereocenters. The van der Waals surface area contributed by atoms with Crippen LogP contribution in [-0.2, 0) is 19.1 Å². The minimum atomic E-state index is -0.959. The van der Waals surface area contributed by atoms with E-state index in [1.54, 1.807) is 43.9 Å². The molecule has 2 rings (SSSR count). The Balaban J connectivity index is 2.18. The maximum absolute atomic E-state index is 12.8. The number of nitrogens with one attached hydrogen (secondary N) is 2. The minimum absolute atomic E-state index is 0.0340. The average Bonchev–Trinajstić information content (AvgIpc) is 2.64. The van der Waals surface area contributed by atoms with Gasteiger partial charge >= 0.3 is 6.09 Å². The quantitative estimate of drug-likeness (QED) is 0.737. The Morgan fingerprint density at radius 2 is 1.84 bits per heavy atom. The van der Waals surface area contributed by atoms with Gasteiger partial charge in [0.25, 0.3) is 0 Å². The van der Waals surface area contributed by atoms with Crippen LogP contribution in [0.1, 0.15) is 41.5 Å². The van der Waals surface area contributed by atoms with Crippen LogP contribution in [0.25, 0.3) is 0 Å². The number of benzene rings is 1. The van der Waals surface area contributed by atoms with Crippen molar-refractivity contribution in [1.29, 1.82) is 0 Å². The van der Waals surface area contributed by atoms with Crippen molar-refractivity contribution >= 4 is 29.3 Å². The van der Waals surface area contributed by atoms with Crippen LogP contribution in [0, 0.1) is 5.41 Å². The molecule has 0 saturated heterocycles. The molecule has 1 aromatic rings. The minimum Gasteiger partial charge on any atom is -0.490 e. The molecule has 1 aliphatic rings. The second kappa shape index (κ2) is 9.55. The molecule has 31 heavy (non-hydrogen) atoms. The average molecular weight is 436 g/mol. The summed E-state index contributed by atoms with van der Waals surface area (Å²) in [6, 6.07) is 4.12. The lowest BCUT2D eigenvalue weighted by Crippen LogP contribution is -2.48. The standard InChI is InChI=1S/C22H33N3O6/c1-21(2,3)19(27)25-10-11-30-17-9-8-14(12-16(17)25)23-18(26)15(13-29-7)24-20(28)31-22(4,5)6/h8-9,12,15H,10-11,13H2,1-7H3,(H,23,26)(H,24,28). The zero-order valence-corrected chi connectivity index (χ0v) is 19.3. The Hall–Kier alpha value is -2.81. The fraction of sp³-hybridized carbons (Fsp3) is 0.591. The molecular formula is C22H33N3O6. The lowest BCUT2D eigenvalue weighted by molar-refractivity contribution is -0.126. The largest absolute Gasteiger partial charge is 0.490 e. The molecule has 2 N–H and O–H groups in total. The van der Waals surface area contributed by atoms with Gasteiger partial charge in [-0.25, -0.2) is 4.79 Å². The van der Waals surface area contributed by atoms with Crippen LogP contribution in [0.3, 0.4) is 0 Å². The van der Waals surface area contributed by atoms with E-state index in [0.717, 1.165) is 0 Å². The van der Waals surface area contributed by atoms with Crippen LogP contribution in [-0.4, -0.2) is 56.4 Å². The summed E-state index contributed by atoms with van der Waals surface area (Å²) < 4.78 is 15.9. The van der Waals surface area contributed by atoms with Gasteiger partial charge in [-0.3, -0.25) is 9.59 Å². The molecule has 0 aromatic heterocycles. The summed E-state index contributed by atoms with van der Waals surface area (Å²) >= 11 is 0. The molecule has 0 radical (unpaired) electrons. The van der Waals surface area contributed by atoms with E-state index in [-0.39, 0.29) is 12.5 Å². The highest BCUT2D eigenvalue weighted by Gasteiger charge is 2.32. The van der Waals surface area contributed by atoms with Crippen LogP contribution in [0.4, 0.5) is 16.2 Å². The van der Waals surface area contributed by atoms with Gasteiger partial charge < -0.3 is 29.7 Å². The van der Waals surface area contributed by atoms with Crippen molar-refractivity contribution in [3.8, 4) is 5.75 Å². The number of carbonyl (C=O) groups excluding carboxylic acids is 3. The summed E-state index contributed by atoms with van der Waals surface area (Å²) in [5.74, 6) is 0.0598. The van der Waals surface area contributed by atoms with Gasteiger partial charge in [-0.05, 0) is 39.0 Å². The highest BCUT2D eigenvalue weighted by molar-refractivity contribution is 6.01. The SMILES string of the molecule is COCC(NC(=O)OC(C)(C)C)C(=O)Nc1ccc2c(c1)N(C(=O)C(C)(C)C)CCO2. The van der Waals surface area contributed by atoms with Crippen LogP contribution in [0.5, 0.6) is 5.75 Å². The van der Waals surface area contributed by atoms with Crippen molar-refractivity contribution in [3.05, 3.63) is 18.2 Å². The normalized spacial score (nSPS) is 14.7. The van der Waals surface area contributed by atoms with Gasteiger partial charge in [0.2, 0.25) is 11.8 Å². The molecule has 9 heteroatoms. The highest BCUT2D eigenvalue weighted by atomic mass is 16.6. The molecule has 0 aliphatic carbocycles. The number of hydrogen-bond donors (Lipinski definition) is 2. The van der Waals surface area contributed by atoms with Crippen molar-refractivity contribution < 1.29 is 28.6 Å². The van der Waals surface area contributed by atoms with E-state index in [2.05, 4.69) is 10.6 Å². The molecule has 0 fully saturated rings. The Kier molecular flexibility index (Phi) is 7.54. The number of methoxy groups -OCH3 is 1. The molecule has 9 nitrogen and oxygen atoms in total. The number of rotatable bonds is 5. The zero-order valence-electron chi connectivity index (χ0n) is 19.3. The second-order valence-electron chi connectivity index (χ2n) is 9.38. The third-order valence-corrected chi connectivity index (χ3v) is 4.32. The first-order valence-electron chi connectivity index (χ1n) is 10.2. The Morgan fingerprint density at radius 3 is 2.42 bits per heavy atom. The first-order chi connectivity index (χ1) is 14.3. The molecule has 1 atom stereocenters. The van der Waals surface area contributed by atoms with E-state index >= 15 is 0 Å². The van der Waals surface area contributed by atoms with Crippen LogP contribution < -0.4 is 20.3 Å². The predicted molar refractivity (Wildman–Crippen MR) is 117 cm³/mol. The third kappa shape index (κ3) is 6.85. The molecule has 1 heterocycles. The number of hydrogen-bond acceptors (Lipinski definition) is 6. The summed E-state index contributed by atoms with van der Waals surface area (Å²) in [5.41, 5.74) is -0.200. The summed E-state index contributed by atoms with van der Waals surface area (Å²) in [6.45, 7) is 11.6. The number of nitrogens with zero attached hydrogens (tertiary/aromatic N) is 1. The molecule has 0 saturated carbocycles. The second-order valence-corrected chi connectivity index (χ2v) is 9.38. The van der Waals surface area contributed by atoms with Crippen molar-refractivity contribution in [1.82, 2.24) is 5.32 Å². The predicted octanol–water partition coefficient (Wildman–Crippen LogP) is 2.94. The summed E-state index contributed by atoms with van der Waals surface area (Å²) in [7, 11) is 1.43. The summed E-state index contributed by atoms with van der Waals surface area (Å²) in [5, 5.41) is 5.28. The van der Waals surface area contributed by atoms with Crippen LogP contribution in [0.2, 0.25) is 0 Å². The Bertz CT molecular complexity index is 826. The molecule has 1 aromatic carbocycles. The van der Waals surface area contributed by atoms with Crippen molar-refractivity contribution in [3.63, 3.8) is 0 Å². The van der Waals surface area contributed by atoms with Crippen molar-refractivity contribution in [2.24, 2.45) is 5.41 Å². The Morgan fingerprint density at radius 1 is 1.16 bits per heavy atom.